The zero-order valence-corrected chi connectivity index (χ0v) is 10.7. The highest BCUT2D eigenvalue weighted by molar-refractivity contribution is 6.00. The number of hydrogen-bond acceptors (Lipinski definition) is 6. The number of nitro groups is 2. The minimum absolute atomic E-state index is 0.511. The molecule has 0 heterocycles. The fourth-order valence-electron chi connectivity index (χ4n) is 1.40. The molecule has 7 N–H and O–H groups in total. The van der Waals surface area contributed by atoms with E-state index in [0.29, 0.717) is 12.1 Å². The highest BCUT2D eigenvalue weighted by Gasteiger charge is 2.27. The third-order valence-corrected chi connectivity index (χ3v) is 2.18. The summed E-state index contributed by atoms with van der Waals surface area (Å²) in [6.45, 7) is 0. The van der Waals surface area contributed by atoms with Crippen molar-refractivity contribution in [3.05, 3.63) is 37.9 Å². The lowest BCUT2D eigenvalue weighted by Crippen LogP contribution is -2.26. The van der Waals surface area contributed by atoms with Gasteiger partial charge in [0.15, 0.2) is 11.6 Å². The molecule has 0 saturated carbocycles. The van der Waals surface area contributed by atoms with Gasteiger partial charge < -0.3 is 22.3 Å². The van der Waals surface area contributed by atoms with Crippen LogP contribution in [0.2, 0.25) is 0 Å². The van der Waals surface area contributed by atoms with Crippen LogP contribution in [0, 0.1) is 20.2 Å². The van der Waals surface area contributed by atoms with Crippen molar-refractivity contribution in [1.29, 1.82) is 0 Å². The van der Waals surface area contributed by atoms with Crippen LogP contribution in [-0.4, -0.2) is 32.8 Å². The normalized spacial score (nSPS) is 10.8. The molecule has 0 aromatic heterocycles. The van der Waals surface area contributed by atoms with Gasteiger partial charge in [0.2, 0.25) is 5.96 Å². The molecule has 0 aliphatic carbocycles. The highest BCUT2D eigenvalue weighted by Crippen LogP contribution is 2.35. The van der Waals surface area contributed by atoms with E-state index in [1.165, 1.54) is 0 Å². The number of nitrogens with two attached hydrogens (primary N) is 3. The predicted molar refractivity (Wildman–Crippen MR) is 73.8 cm³/mol. The Morgan fingerprint density at radius 1 is 1.14 bits per heavy atom. The number of carboxylic acids is 1. The van der Waals surface area contributed by atoms with Crippen LogP contribution in [-0.2, 0) is 0 Å². The summed E-state index contributed by atoms with van der Waals surface area (Å²) in [6.07, 6.45) is 0. The Labute approximate surface area is 121 Å². The smallest absolute Gasteiger partial charge is 0.338 e. The number of hydrogen-bond donors (Lipinski definition) is 4. The second-order valence-corrected chi connectivity index (χ2v) is 3.69. The van der Waals surface area contributed by atoms with Crippen molar-refractivity contribution < 1.29 is 19.7 Å². The monoisotopic (exact) mass is 311 g/mol. The Morgan fingerprint density at radius 3 is 2.14 bits per heavy atom. The van der Waals surface area contributed by atoms with Crippen LogP contribution in [0.3, 0.4) is 0 Å². The molecule has 22 heavy (non-hydrogen) atoms. The van der Waals surface area contributed by atoms with E-state index < -0.39 is 50.4 Å². The Bertz CT molecular complexity index is 686. The average Bonchev–Trinajstić information content (AvgIpc) is 2.36. The van der Waals surface area contributed by atoms with E-state index in [2.05, 4.69) is 9.98 Å². The van der Waals surface area contributed by atoms with Crippen LogP contribution >= 0.6 is 0 Å². The molecule has 1 rings (SSSR count). The van der Waals surface area contributed by atoms with Gasteiger partial charge in [-0.05, 0) is 0 Å². The molecule has 116 valence electrons. The number of benzene rings is 1. The summed E-state index contributed by atoms with van der Waals surface area (Å²) in [4.78, 5) is 37.5. The van der Waals surface area contributed by atoms with Gasteiger partial charge in [-0.25, -0.2) is 9.79 Å². The first-order valence-electron chi connectivity index (χ1n) is 5.27. The molecule has 0 atom stereocenters. The lowest BCUT2D eigenvalue weighted by atomic mass is 10.1. The molecule has 0 amide bonds. The SMILES string of the molecule is NC(N)=NC(N)=Nc1c(C(=O)O)cc([N+](=O)[O-])cc1[N+](=O)[O-]. The van der Waals surface area contributed by atoms with Crippen LogP contribution in [0.5, 0.6) is 0 Å². The van der Waals surface area contributed by atoms with Crippen molar-refractivity contribution in [1.82, 2.24) is 0 Å². The molecular formula is C9H9N7O6. The van der Waals surface area contributed by atoms with E-state index in [9.17, 15) is 25.0 Å². The Morgan fingerprint density at radius 2 is 1.73 bits per heavy atom. The quantitative estimate of drug-likeness (QED) is 0.241. The number of carboxylic acid groups (broad SMARTS) is 1. The fourth-order valence-corrected chi connectivity index (χ4v) is 1.40. The van der Waals surface area contributed by atoms with E-state index in [1.54, 1.807) is 0 Å². The van der Waals surface area contributed by atoms with E-state index >= 15 is 0 Å². The summed E-state index contributed by atoms with van der Waals surface area (Å²) < 4.78 is 0. The summed E-state index contributed by atoms with van der Waals surface area (Å²) in [5.41, 5.74) is 12.1. The number of nitrogens with zero attached hydrogens (tertiary/aromatic N) is 4. The highest BCUT2D eigenvalue weighted by atomic mass is 16.6. The zero-order valence-electron chi connectivity index (χ0n) is 10.7. The van der Waals surface area contributed by atoms with Crippen LogP contribution in [0.4, 0.5) is 17.1 Å². The van der Waals surface area contributed by atoms with E-state index in [-0.39, 0.29) is 0 Å². The molecule has 1 aromatic rings. The van der Waals surface area contributed by atoms with Gasteiger partial charge in [0.25, 0.3) is 5.69 Å². The lowest BCUT2D eigenvalue weighted by molar-refractivity contribution is -0.393. The van der Waals surface area contributed by atoms with Crippen molar-refractivity contribution in [2.75, 3.05) is 0 Å². The van der Waals surface area contributed by atoms with Gasteiger partial charge in [0, 0.05) is 6.07 Å². The van der Waals surface area contributed by atoms with Crippen molar-refractivity contribution in [3.63, 3.8) is 0 Å². The standard InChI is InChI=1S/C9H9N7O6/c10-8(11)14-9(12)13-6-4(7(17)18)1-3(15(19)20)2-5(6)16(21)22/h1-2H,(H,17,18)(H6,10,11,12,13,14). The van der Waals surface area contributed by atoms with Gasteiger partial charge in [-0.2, -0.15) is 4.99 Å². The first-order chi connectivity index (χ1) is 10.1. The fraction of sp³-hybridized carbons (Fsp3) is 0. The van der Waals surface area contributed by atoms with E-state index in [1.807, 2.05) is 0 Å². The molecule has 1 aromatic carbocycles. The molecule has 0 aliphatic rings. The number of aromatic carboxylic acids is 1. The summed E-state index contributed by atoms with van der Waals surface area (Å²) in [5, 5.41) is 30.7. The van der Waals surface area contributed by atoms with E-state index in [4.69, 9.17) is 22.3 Å². The molecule has 0 radical (unpaired) electrons. The van der Waals surface area contributed by atoms with Gasteiger partial charge in [0.05, 0.1) is 21.5 Å². The summed E-state index contributed by atoms with van der Waals surface area (Å²) >= 11 is 0. The minimum atomic E-state index is -1.68. The maximum Gasteiger partial charge on any atom is 0.338 e. The van der Waals surface area contributed by atoms with Crippen molar-refractivity contribution in [2.45, 2.75) is 0 Å². The minimum Gasteiger partial charge on any atom is -0.478 e. The molecule has 0 aliphatic heterocycles. The lowest BCUT2D eigenvalue weighted by Gasteiger charge is -2.03. The van der Waals surface area contributed by atoms with Gasteiger partial charge in [-0.1, -0.05) is 0 Å². The van der Waals surface area contributed by atoms with Crippen LogP contribution < -0.4 is 17.2 Å². The number of non-ortho nitro benzene ring substituents is 1. The molecular weight excluding hydrogens is 302 g/mol. The summed E-state index contributed by atoms with van der Waals surface area (Å²) in [7, 11) is 0. The van der Waals surface area contributed by atoms with Gasteiger partial charge in [-0.15, -0.1) is 0 Å². The van der Waals surface area contributed by atoms with E-state index in [0.717, 1.165) is 0 Å². The second kappa shape index (κ2) is 6.12. The third-order valence-electron chi connectivity index (χ3n) is 2.18. The van der Waals surface area contributed by atoms with Crippen molar-refractivity contribution in [2.24, 2.45) is 27.2 Å². The molecule has 0 saturated heterocycles. The topological polar surface area (TPSA) is 226 Å². The van der Waals surface area contributed by atoms with Crippen molar-refractivity contribution >= 4 is 35.0 Å². The van der Waals surface area contributed by atoms with Crippen LogP contribution in [0.15, 0.2) is 22.1 Å². The molecule has 0 bridgehead atoms. The number of nitro benzene ring substituents is 2. The maximum absolute atomic E-state index is 11.1. The maximum atomic E-state index is 11.1. The first-order valence-corrected chi connectivity index (χ1v) is 5.27. The predicted octanol–water partition coefficient (Wildman–Crippen LogP) is -0.579. The summed E-state index contributed by atoms with van der Waals surface area (Å²) in [5.74, 6) is -2.84. The van der Waals surface area contributed by atoms with Gasteiger partial charge in [-0.3, -0.25) is 20.2 Å². The second-order valence-electron chi connectivity index (χ2n) is 3.69. The summed E-state index contributed by atoms with van der Waals surface area (Å²) in [6, 6.07) is 1.16. The number of guanidine groups is 2. The number of carbonyl (C=O) groups is 1. The zero-order chi connectivity index (χ0) is 17.0. The Kier molecular flexibility index (Phi) is 4.53. The number of rotatable bonds is 4. The Hall–Kier alpha value is -3.77. The van der Waals surface area contributed by atoms with Gasteiger partial charge in [0.1, 0.15) is 0 Å². The molecule has 0 spiro atoms. The molecule has 0 fully saturated rings. The largest absolute Gasteiger partial charge is 0.478 e. The molecule has 0 unspecified atom stereocenters. The average molecular weight is 311 g/mol. The third kappa shape index (κ3) is 3.62. The number of aliphatic imine (C=N–C) groups is 2. The molecule has 13 nitrogen and oxygen atoms in total. The van der Waals surface area contributed by atoms with Gasteiger partial charge >= 0.3 is 11.7 Å². The van der Waals surface area contributed by atoms with Crippen molar-refractivity contribution in [3.8, 4) is 0 Å². The Balaban J connectivity index is 3.73. The van der Waals surface area contributed by atoms with Crippen LogP contribution in [0.1, 0.15) is 10.4 Å². The van der Waals surface area contributed by atoms with Crippen LogP contribution in [0.25, 0.3) is 0 Å². The molecule has 13 heteroatoms. The first kappa shape index (κ1) is 16.3.